The largest absolute Gasteiger partial charge is 0.444 e. The molecule has 0 saturated heterocycles. The van der Waals surface area contributed by atoms with Gasteiger partial charge in [-0.05, 0) is 26.7 Å². The van der Waals surface area contributed by atoms with Crippen molar-refractivity contribution in [3.63, 3.8) is 0 Å². The van der Waals surface area contributed by atoms with Crippen molar-refractivity contribution in [1.82, 2.24) is 5.32 Å². The number of hydrogen-bond acceptors (Lipinski definition) is 3. The van der Waals surface area contributed by atoms with Crippen LogP contribution in [0.4, 0.5) is 4.79 Å². The molecule has 0 heterocycles. The number of nitrogens with zero attached hydrogens (tertiary/aromatic N) is 2. The minimum atomic E-state index is -0.749. The fraction of sp³-hybridized carbons (Fsp3) is 0.750. The topological polar surface area (TPSA) is 91.8 Å². The van der Waals surface area contributed by atoms with E-state index < -0.39 is 23.5 Å². The number of ketones is 1. The van der Waals surface area contributed by atoms with Gasteiger partial charge < -0.3 is 15.6 Å². The predicted molar refractivity (Wildman–Crippen MR) is 67.3 cm³/mol. The van der Waals surface area contributed by atoms with Crippen LogP contribution in [0.2, 0.25) is 0 Å². The molecule has 0 rings (SSSR count). The molecule has 0 aliphatic heterocycles. The minimum Gasteiger partial charge on any atom is -0.444 e. The van der Waals surface area contributed by atoms with Crippen molar-refractivity contribution in [3.05, 3.63) is 5.53 Å². The smallest absolute Gasteiger partial charge is 0.408 e. The first kappa shape index (κ1) is 16.3. The Morgan fingerprint density at radius 1 is 1.44 bits per heavy atom. The zero-order chi connectivity index (χ0) is 14.3. The molecule has 0 bridgehead atoms. The molecule has 0 aliphatic rings. The first-order chi connectivity index (χ1) is 8.21. The molecule has 0 spiro atoms. The maximum atomic E-state index is 11.7. The van der Waals surface area contributed by atoms with Gasteiger partial charge >= 0.3 is 12.3 Å². The lowest BCUT2D eigenvalue weighted by Gasteiger charge is -2.24. The highest BCUT2D eigenvalue weighted by molar-refractivity contribution is 6.28. The van der Waals surface area contributed by atoms with Crippen LogP contribution in [0.15, 0.2) is 0 Å². The average Bonchev–Trinajstić information content (AvgIpc) is 2.22. The molecule has 0 saturated carbocycles. The molecular formula is C12H21N3O3. The van der Waals surface area contributed by atoms with Crippen molar-refractivity contribution < 1.29 is 19.1 Å². The zero-order valence-electron chi connectivity index (χ0n) is 11.6. The molecule has 1 N–H and O–H groups in total. The normalized spacial score (nSPS) is 14.1. The van der Waals surface area contributed by atoms with Crippen molar-refractivity contribution >= 4 is 18.1 Å². The third-order valence-electron chi connectivity index (χ3n) is 2.38. The van der Waals surface area contributed by atoms with E-state index >= 15 is 0 Å². The van der Waals surface area contributed by atoms with Gasteiger partial charge in [0.25, 0.3) is 5.78 Å². The monoisotopic (exact) mass is 255 g/mol. The van der Waals surface area contributed by atoms with Crippen LogP contribution in [0.25, 0.3) is 5.53 Å². The van der Waals surface area contributed by atoms with Gasteiger partial charge in [0.2, 0.25) is 0 Å². The molecule has 2 atom stereocenters. The van der Waals surface area contributed by atoms with E-state index in [1.807, 2.05) is 13.8 Å². The standard InChI is InChI=1S/C12H21N3O3/c1-6-8(2)10(9(16)7-14-13)15-11(17)18-12(3,4)5/h7-8,10H,6H2,1-5H3,(H,15,17)/t8-,10+/m1/s1. The van der Waals surface area contributed by atoms with Gasteiger partial charge in [-0.2, -0.15) is 4.79 Å². The summed E-state index contributed by atoms with van der Waals surface area (Å²) >= 11 is 0. The summed E-state index contributed by atoms with van der Waals surface area (Å²) in [5, 5.41) is 2.50. The second kappa shape index (κ2) is 6.91. The number of nitrogens with one attached hydrogen (secondary N) is 1. The summed E-state index contributed by atoms with van der Waals surface area (Å²) in [4.78, 5) is 26.0. The summed E-state index contributed by atoms with van der Waals surface area (Å²) in [7, 11) is 0. The second-order valence-corrected chi connectivity index (χ2v) is 5.16. The number of alkyl carbamates (subject to hydrolysis) is 1. The number of Topliss-reactive ketones (excluding diaryl/α,β-unsaturated/α-hetero) is 1. The molecule has 0 aromatic heterocycles. The van der Waals surface area contributed by atoms with Crippen LogP contribution in [0.3, 0.4) is 0 Å². The first-order valence-electron chi connectivity index (χ1n) is 5.92. The predicted octanol–water partition coefficient (Wildman–Crippen LogP) is 1.80. The van der Waals surface area contributed by atoms with Gasteiger partial charge in [0.1, 0.15) is 11.6 Å². The lowest BCUT2D eigenvalue weighted by molar-refractivity contribution is -0.119. The third-order valence-corrected chi connectivity index (χ3v) is 2.38. The molecule has 18 heavy (non-hydrogen) atoms. The number of amides is 1. The molecule has 0 radical (unpaired) electrons. The fourth-order valence-electron chi connectivity index (χ4n) is 1.30. The summed E-state index contributed by atoms with van der Waals surface area (Å²) in [5.74, 6) is -0.541. The molecule has 0 fully saturated rings. The fourth-order valence-corrected chi connectivity index (χ4v) is 1.30. The minimum absolute atomic E-state index is 0.0805. The Hall–Kier alpha value is -1.68. The molecular weight excluding hydrogens is 234 g/mol. The molecule has 0 aromatic rings. The molecule has 1 amide bonds. The van der Waals surface area contributed by atoms with Gasteiger partial charge in [0, 0.05) is 0 Å². The van der Waals surface area contributed by atoms with Crippen LogP contribution in [0.1, 0.15) is 41.0 Å². The second-order valence-electron chi connectivity index (χ2n) is 5.16. The highest BCUT2D eigenvalue weighted by Gasteiger charge is 2.29. The Bertz CT molecular complexity index is 354. The van der Waals surface area contributed by atoms with Crippen LogP contribution in [-0.2, 0) is 9.53 Å². The van der Waals surface area contributed by atoms with Crippen molar-refractivity contribution in [2.24, 2.45) is 5.92 Å². The van der Waals surface area contributed by atoms with Gasteiger partial charge in [-0.25, -0.2) is 4.79 Å². The maximum Gasteiger partial charge on any atom is 0.408 e. The Kier molecular flexibility index (Phi) is 6.27. The molecule has 0 aromatic carbocycles. The van der Waals surface area contributed by atoms with E-state index in [1.54, 1.807) is 20.8 Å². The number of hydrogen-bond donors (Lipinski definition) is 1. The molecule has 102 valence electrons. The van der Waals surface area contributed by atoms with E-state index in [4.69, 9.17) is 10.3 Å². The summed E-state index contributed by atoms with van der Waals surface area (Å²) in [5.41, 5.74) is 7.74. The summed E-state index contributed by atoms with van der Waals surface area (Å²) in [6.07, 6.45) is 0.826. The third kappa shape index (κ3) is 6.15. The Labute approximate surface area is 107 Å². The SMILES string of the molecule is CC[C@@H](C)[C@H](NC(=O)OC(C)(C)C)C(=O)C=[N+]=[N-]. The maximum absolute atomic E-state index is 11.7. The Morgan fingerprint density at radius 3 is 2.39 bits per heavy atom. The highest BCUT2D eigenvalue weighted by atomic mass is 16.6. The number of carbonyl (C=O) groups excluding carboxylic acids is 2. The van der Waals surface area contributed by atoms with Gasteiger partial charge in [-0.1, -0.05) is 20.3 Å². The van der Waals surface area contributed by atoms with Crippen LogP contribution in [0.5, 0.6) is 0 Å². The van der Waals surface area contributed by atoms with Crippen LogP contribution in [0, 0.1) is 5.92 Å². The lowest BCUT2D eigenvalue weighted by atomic mass is 9.96. The summed E-state index contributed by atoms with van der Waals surface area (Å²) < 4.78 is 5.08. The molecule has 6 nitrogen and oxygen atoms in total. The van der Waals surface area contributed by atoms with E-state index in [2.05, 4.69) is 10.1 Å². The Balaban J connectivity index is 4.75. The quantitative estimate of drug-likeness (QED) is 0.461. The van der Waals surface area contributed by atoms with E-state index in [0.717, 1.165) is 6.21 Å². The van der Waals surface area contributed by atoms with Crippen LogP contribution in [-0.4, -0.2) is 34.5 Å². The van der Waals surface area contributed by atoms with Crippen molar-refractivity contribution in [2.75, 3.05) is 0 Å². The first-order valence-corrected chi connectivity index (χ1v) is 5.92. The van der Waals surface area contributed by atoms with E-state index in [0.29, 0.717) is 6.42 Å². The summed E-state index contributed by atoms with van der Waals surface area (Å²) in [6, 6.07) is -0.749. The molecule has 0 unspecified atom stereocenters. The van der Waals surface area contributed by atoms with Crippen molar-refractivity contribution in [2.45, 2.75) is 52.7 Å². The number of carbonyl (C=O) groups is 2. The number of rotatable bonds is 5. The van der Waals surface area contributed by atoms with E-state index in [9.17, 15) is 9.59 Å². The van der Waals surface area contributed by atoms with Crippen molar-refractivity contribution in [3.8, 4) is 0 Å². The van der Waals surface area contributed by atoms with E-state index in [-0.39, 0.29) is 5.92 Å². The number of ether oxygens (including phenoxy) is 1. The Morgan fingerprint density at radius 2 is 2.00 bits per heavy atom. The van der Waals surface area contributed by atoms with Gasteiger partial charge in [0.15, 0.2) is 0 Å². The molecule has 0 aliphatic carbocycles. The van der Waals surface area contributed by atoms with E-state index in [1.165, 1.54) is 0 Å². The molecule has 6 heteroatoms. The van der Waals surface area contributed by atoms with Crippen LogP contribution < -0.4 is 5.32 Å². The average molecular weight is 255 g/mol. The zero-order valence-corrected chi connectivity index (χ0v) is 11.6. The highest BCUT2D eigenvalue weighted by Crippen LogP contribution is 2.11. The lowest BCUT2D eigenvalue weighted by Crippen LogP contribution is -2.47. The van der Waals surface area contributed by atoms with Crippen molar-refractivity contribution in [1.29, 1.82) is 0 Å². The van der Waals surface area contributed by atoms with Gasteiger partial charge in [0.05, 0.1) is 0 Å². The van der Waals surface area contributed by atoms with Gasteiger partial charge in [-0.15, -0.1) is 0 Å². The summed E-state index contributed by atoms with van der Waals surface area (Å²) in [6.45, 7) is 8.94. The van der Waals surface area contributed by atoms with Gasteiger partial charge in [-0.3, -0.25) is 4.79 Å². The van der Waals surface area contributed by atoms with Crippen LogP contribution >= 0.6 is 0 Å².